The Labute approximate surface area is 215 Å². The van der Waals surface area contributed by atoms with E-state index in [-0.39, 0.29) is 35.8 Å². The molecule has 1 fully saturated rings. The fourth-order valence-corrected chi connectivity index (χ4v) is 6.16. The van der Waals surface area contributed by atoms with Crippen molar-refractivity contribution in [1.29, 1.82) is 0 Å². The predicted octanol–water partition coefficient (Wildman–Crippen LogP) is 5.40. The fourth-order valence-electron chi connectivity index (χ4n) is 4.53. The number of ketones is 1. The van der Waals surface area contributed by atoms with Crippen molar-refractivity contribution in [3.8, 4) is 11.1 Å². The van der Waals surface area contributed by atoms with E-state index in [2.05, 4.69) is 9.97 Å². The molecular weight excluding hydrogens is 526 g/mol. The molecule has 1 aromatic carbocycles. The SMILES string of the molecule is O=C(CCc1cc(-c2ccc(C(F)(F)F)nc2)ccn1)[C@@H]1CCCN1S(=O)(=O)c1cc2cc(F)ccc2o1. The maximum absolute atomic E-state index is 13.5. The van der Waals surface area contributed by atoms with Gasteiger partial charge in [0.05, 0.1) is 6.04 Å². The summed E-state index contributed by atoms with van der Waals surface area (Å²) in [5, 5.41) is -0.0443. The van der Waals surface area contributed by atoms with Crippen molar-refractivity contribution in [2.24, 2.45) is 0 Å². The van der Waals surface area contributed by atoms with Crippen molar-refractivity contribution in [1.82, 2.24) is 14.3 Å². The number of fused-ring (bicyclic) bond motifs is 1. The van der Waals surface area contributed by atoms with Gasteiger partial charge in [-0.2, -0.15) is 17.5 Å². The Balaban J connectivity index is 1.28. The Morgan fingerprint density at radius 1 is 1.05 bits per heavy atom. The van der Waals surface area contributed by atoms with Gasteiger partial charge in [-0.15, -0.1) is 0 Å². The van der Waals surface area contributed by atoms with E-state index in [1.54, 1.807) is 12.1 Å². The molecule has 1 atom stereocenters. The third-order valence-corrected chi connectivity index (χ3v) is 8.19. The van der Waals surface area contributed by atoms with Crippen LogP contribution in [0, 0.1) is 5.82 Å². The van der Waals surface area contributed by atoms with Crippen LogP contribution in [-0.4, -0.2) is 41.1 Å². The van der Waals surface area contributed by atoms with Crippen molar-refractivity contribution in [3.63, 3.8) is 0 Å². The zero-order valence-corrected chi connectivity index (χ0v) is 20.6. The van der Waals surface area contributed by atoms with Gasteiger partial charge in [-0.05, 0) is 61.2 Å². The van der Waals surface area contributed by atoms with E-state index < -0.39 is 33.8 Å². The quantitative estimate of drug-likeness (QED) is 0.288. The summed E-state index contributed by atoms with van der Waals surface area (Å²) >= 11 is 0. The van der Waals surface area contributed by atoms with E-state index in [0.717, 1.165) is 16.6 Å². The first-order valence-electron chi connectivity index (χ1n) is 11.7. The summed E-state index contributed by atoms with van der Waals surface area (Å²) < 4.78 is 85.0. The molecule has 1 aliphatic rings. The third kappa shape index (κ3) is 5.18. The van der Waals surface area contributed by atoms with Crippen LogP contribution in [0.3, 0.4) is 0 Å². The molecule has 1 aliphatic heterocycles. The Morgan fingerprint density at radius 3 is 2.61 bits per heavy atom. The number of rotatable bonds is 7. The highest BCUT2D eigenvalue weighted by Crippen LogP contribution is 2.32. The maximum Gasteiger partial charge on any atom is 0.433 e. The topological polar surface area (TPSA) is 93.4 Å². The molecule has 0 unspecified atom stereocenters. The zero-order chi connectivity index (χ0) is 27.1. The van der Waals surface area contributed by atoms with E-state index in [9.17, 15) is 30.8 Å². The van der Waals surface area contributed by atoms with Crippen LogP contribution in [0.25, 0.3) is 22.1 Å². The molecule has 0 bridgehead atoms. The number of aryl methyl sites for hydroxylation is 1. The molecule has 7 nitrogen and oxygen atoms in total. The summed E-state index contributed by atoms with van der Waals surface area (Å²) in [6.45, 7) is 0.152. The minimum atomic E-state index is -4.54. The van der Waals surface area contributed by atoms with Gasteiger partial charge in [0.1, 0.15) is 17.1 Å². The lowest BCUT2D eigenvalue weighted by atomic mass is 10.0. The predicted molar refractivity (Wildman–Crippen MR) is 129 cm³/mol. The van der Waals surface area contributed by atoms with E-state index in [1.165, 1.54) is 36.5 Å². The summed E-state index contributed by atoms with van der Waals surface area (Å²) in [4.78, 5) is 20.8. The van der Waals surface area contributed by atoms with Crippen LogP contribution in [0.1, 0.15) is 30.7 Å². The highest BCUT2D eigenvalue weighted by Gasteiger charge is 2.40. The summed E-state index contributed by atoms with van der Waals surface area (Å²) in [6, 6.07) is 9.56. The lowest BCUT2D eigenvalue weighted by molar-refractivity contribution is -0.141. The number of alkyl halides is 3. The highest BCUT2D eigenvalue weighted by atomic mass is 32.2. The van der Waals surface area contributed by atoms with Crippen LogP contribution < -0.4 is 0 Å². The molecule has 38 heavy (non-hydrogen) atoms. The van der Waals surface area contributed by atoms with Gasteiger partial charge in [0.25, 0.3) is 10.0 Å². The zero-order valence-electron chi connectivity index (χ0n) is 19.8. The maximum atomic E-state index is 13.5. The average Bonchev–Trinajstić information content (AvgIpc) is 3.55. The second kappa shape index (κ2) is 9.91. The number of hydrogen-bond acceptors (Lipinski definition) is 6. The van der Waals surface area contributed by atoms with Crippen molar-refractivity contribution < 1.29 is 35.2 Å². The molecule has 1 saturated heterocycles. The van der Waals surface area contributed by atoms with E-state index >= 15 is 0 Å². The van der Waals surface area contributed by atoms with Crippen LogP contribution >= 0.6 is 0 Å². The number of pyridine rings is 2. The minimum Gasteiger partial charge on any atom is -0.443 e. The number of benzene rings is 1. The lowest BCUT2D eigenvalue weighted by Crippen LogP contribution is -2.40. The molecular formula is C26H21F4N3O4S. The Bertz CT molecular complexity index is 1600. The van der Waals surface area contributed by atoms with Crippen molar-refractivity contribution in [3.05, 3.63) is 78.1 Å². The number of hydrogen-bond donors (Lipinski definition) is 0. The molecule has 4 heterocycles. The first-order chi connectivity index (χ1) is 18.0. The average molecular weight is 548 g/mol. The Kier molecular flexibility index (Phi) is 6.78. The number of halogens is 4. The minimum absolute atomic E-state index is 0.0176. The fraction of sp³-hybridized carbons (Fsp3) is 0.269. The summed E-state index contributed by atoms with van der Waals surface area (Å²) in [5.74, 6) is -0.805. The van der Waals surface area contributed by atoms with E-state index in [1.807, 2.05) is 0 Å². The number of Topliss-reactive ketones (excluding diaryl/α,β-unsaturated/α-hetero) is 1. The molecule has 198 valence electrons. The largest absolute Gasteiger partial charge is 0.443 e. The number of aromatic nitrogens is 2. The molecule has 12 heteroatoms. The van der Waals surface area contributed by atoms with Gasteiger partial charge in [0.2, 0.25) is 5.09 Å². The number of carbonyl (C=O) groups excluding carboxylic acids is 1. The van der Waals surface area contributed by atoms with Crippen LogP contribution in [0.5, 0.6) is 0 Å². The molecule has 3 aromatic heterocycles. The van der Waals surface area contributed by atoms with E-state index in [4.69, 9.17) is 4.42 Å². The molecule has 0 aliphatic carbocycles. The Hall–Kier alpha value is -3.64. The first kappa shape index (κ1) is 26.0. The summed E-state index contributed by atoms with van der Waals surface area (Å²) in [5.41, 5.74) is 0.817. The lowest BCUT2D eigenvalue weighted by Gasteiger charge is -2.21. The summed E-state index contributed by atoms with van der Waals surface area (Å²) in [7, 11) is -4.13. The second-order valence-corrected chi connectivity index (χ2v) is 10.8. The Morgan fingerprint density at radius 2 is 1.87 bits per heavy atom. The molecule has 4 aromatic rings. The van der Waals surface area contributed by atoms with Crippen LogP contribution in [0.15, 0.2) is 70.4 Å². The molecule has 0 spiro atoms. The molecule has 5 rings (SSSR count). The normalized spacial score (nSPS) is 16.8. The van der Waals surface area contributed by atoms with Gasteiger partial charge in [0, 0.05) is 48.1 Å². The summed E-state index contributed by atoms with van der Waals surface area (Å²) in [6.07, 6.45) is -0.827. The monoisotopic (exact) mass is 547 g/mol. The van der Waals surface area contributed by atoms with E-state index in [0.29, 0.717) is 35.0 Å². The number of nitrogens with zero attached hydrogens (tertiary/aromatic N) is 3. The molecule has 0 radical (unpaired) electrons. The molecule has 0 N–H and O–H groups in total. The van der Waals surface area contributed by atoms with Gasteiger partial charge in [-0.3, -0.25) is 14.8 Å². The second-order valence-electron chi connectivity index (χ2n) is 8.95. The van der Waals surface area contributed by atoms with Crippen molar-refractivity contribution in [2.75, 3.05) is 6.54 Å². The van der Waals surface area contributed by atoms with Crippen molar-refractivity contribution >= 4 is 26.8 Å². The molecule has 0 amide bonds. The third-order valence-electron chi connectivity index (χ3n) is 6.43. The van der Waals surface area contributed by atoms with Gasteiger partial charge in [-0.1, -0.05) is 6.07 Å². The standard InChI is InChI=1S/C26H21F4N3O4S/c27-19-4-7-23-18(12-19)14-25(37-23)38(35,36)33-11-1-2-21(33)22(34)6-5-20-13-16(9-10-31-20)17-3-8-24(32-15-17)26(28,29)30/h3-4,7-10,12-15,21H,1-2,5-6,11H2/t21-/m0/s1. The first-order valence-corrected chi connectivity index (χ1v) is 13.2. The van der Waals surface area contributed by atoms with Crippen LogP contribution in [0.2, 0.25) is 0 Å². The van der Waals surface area contributed by atoms with Gasteiger partial charge < -0.3 is 4.42 Å². The van der Waals surface area contributed by atoms with Gasteiger partial charge >= 0.3 is 6.18 Å². The number of carbonyl (C=O) groups is 1. The molecule has 0 saturated carbocycles. The van der Waals surface area contributed by atoms with Crippen LogP contribution in [-0.2, 0) is 27.4 Å². The number of furan rings is 1. The van der Waals surface area contributed by atoms with Gasteiger partial charge in [-0.25, -0.2) is 12.8 Å². The van der Waals surface area contributed by atoms with Gasteiger partial charge in [0.15, 0.2) is 5.78 Å². The number of sulfonamides is 1. The smallest absolute Gasteiger partial charge is 0.433 e. The highest BCUT2D eigenvalue weighted by molar-refractivity contribution is 7.89. The van der Waals surface area contributed by atoms with Crippen molar-refractivity contribution in [2.45, 2.75) is 43.0 Å². The van der Waals surface area contributed by atoms with Crippen LogP contribution in [0.4, 0.5) is 17.6 Å².